The van der Waals surface area contributed by atoms with Crippen LogP contribution in [0.4, 0.5) is 4.79 Å². The van der Waals surface area contributed by atoms with Crippen LogP contribution in [0, 0.1) is 0 Å². The zero-order chi connectivity index (χ0) is 14.1. The lowest BCUT2D eigenvalue weighted by atomic mass is 10.3. The van der Waals surface area contributed by atoms with Gasteiger partial charge >= 0.3 is 12.0 Å². The van der Waals surface area contributed by atoms with Crippen molar-refractivity contribution in [3.8, 4) is 0 Å². The first-order valence-electron chi connectivity index (χ1n) is 5.42. The first-order chi connectivity index (χ1) is 8.36. The second kappa shape index (κ2) is 8.29. The highest BCUT2D eigenvalue weighted by atomic mass is 16.5. The van der Waals surface area contributed by atoms with E-state index in [0.29, 0.717) is 0 Å². The first-order valence-corrected chi connectivity index (χ1v) is 5.42. The number of carboxylic acids is 1. The smallest absolute Gasteiger partial charge is 0.328 e. The van der Waals surface area contributed by atoms with Gasteiger partial charge in [0, 0.05) is 13.2 Å². The molecule has 0 heterocycles. The van der Waals surface area contributed by atoms with Gasteiger partial charge in [0.2, 0.25) is 5.91 Å². The summed E-state index contributed by atoms with van der Waals surface area (Å²) in [6.07, 6.45) is 0. The van der Waals surface area contributed by atoms with Gasteiger partial charge in [-0.05, 0) is 13.8 Å². The Morgan fingerprint density at radius 3 is 2.28 bits per heavy atom. The molecule has 0 aliphatic heterocycles. The van der Waals surface area contributed by atoms with Crippen molar-refractivity contribution in [1.82, 2.24) is 16.0 Å². The number of carbonyl (C=O) groups is 3. The van der Waals surface area contributed by atoms with Crippen LogP contribution in [0.2, 0.25) is 0 Å². The van der Waals surface area contributed by atoms with Gasteiger partial charge in [0.25, 0.3) is 0 Å². The molecular formula is C10H19N3O5. The van der Waals surface area contributed by atoms with Crippen molar-refractivity contribution in [3.05, 3.63) is 0 Å². The van der Waals surface area contributed by atoms with Gasteiger partial charge in [-0.2, -0.15) is 0 Å². The molecule has 8 heteroatoms. The number of nitrogens with one attached hydrogen (secondary N) is 3. The molecule has 18 heavy (non-hydrogen) atoms. The van der Waals surface area contributed by atoms with Gasteiger partial charge in [-0.15, -0.1) is 0 Å². The second-order valence-corrected chi connectivity index (χ2v) is 3.90. The molecule has 1 unspecified atom stereocenters. The molecule has 4 N–H and O–H groups in total. The summed E-state index contributed by atoms with van der Waals surface area (Å²) in [5.41, 5.74) is 0. The van der Waals surface area contributed by atoms with Gasteiger partial charge in [-0.3, -0.25) is 4.79 Å². The summed E-state index contributed by atoms with van der Waals surface area (Å²) in [5.74, 6) is -1.56. The lowest BCUT2D eigenvalue weighted by molar-refractivity contribution is -0.140. The lowest BCUT2D eigenvalue weighted by Crippen LogP contribution is -2.50. The third kappa shape index (κ3) is 7.44. The average Bonchev–Trinajstić information content (AvgIpc) is 2.24. The van der Waals surface area contributed by atoms with Crippen LogP contribution in [0.1, 0.15) is 13.8 Å². The molecule has 0 rings (SSSR count). The average molecular weight is 261 g/mol. The van der Waals surface area contributed by atoms with Crippen LogP contribution in [0.5, 0.6) is 0 Å². The number of urea groups is 1. The Bertz CT molecular complexity index is 306. The predicted molar refractivity (Wildman–Crippen MR) is 63.1 cm³/mol. The van der Waals surface area contributed by atoms with E-state index in [1.165, 1.54) is 7.11 Å². The maximum absolute atomic E-state index is 11.3. The monoisotopic (exact) mass is 261 g/mol. The number of hydrogen-bond donors (Lipinski definition) is 4. The Morgan fingerprint density at radius 2 is 1.83 bits per heavy atom. The zero-order valence-electron chi connectivity index (χ0n) is 10.6. The number of amides is 3. The summed E-state index contributed by atoms with van der Waals surface area (Å²) in [6.45, 7) is 3.21. The second-order valence-electron chi connectivity index (χ2n) is 3.90. The van der Waals surface area contributed by atoms with Crippen LogP contribution >= 0.6 is 0 Å². The van der Waals surface area contributed by atoms with Gasteiger partial charge in [-0.25, -0.2) is 9.59 Å². The van der Waals surface area contributed by atoms with Gasteiger partial charge in [0.15, 0.2) is 6.04 Å². The molecule has 0 fully saturated rings. The molecular weight excluding hydrogens is 242 g/mol. The van der Waals surface area contributed by atoms with Crippen molar-refractivity contribution in [2.24, 2.45) is 0 Å². The van der Waals surface area contributed by atoms with Gasteiger partial charge in [0.05, 0.1) is 13.2 Å². The van der Waals surface area contributed by atoms with Gasteiger partial charge in [-0.1, -0.05) is 0 Å². The Labute approximate surface area is 105 Å². The minimum atomic E-state index is -1.21. The number of ether oxygens (including phenoxy) is 1. The minimum Gasteiger partial charge on any atom is -0.480 e. The quantitative estimate of drug-likeness (QED) is 0.464. The summed E-state index contributed by atoms with van der Waals surface area (Å²) in [7, 11) is 1.33. The predicted octanol–water partition coefficient (Wildman–Crippen LogP) is -1.09. The standard InChI is InChI=1S/C10H19N3O5/c1-6(2)12-8(14)4-11-10(17)13-7(5-18-3)9(15)16/h6-7H,4-5H2,1-3H3,(H,12,14)(H,15,16)(H2,11,13,17). The molecule has 0 bridgehead atoms. The molecule has 0 saturated carbocycles. The molecule has 0 aromatic heterocycles. The topological polar surface area (TPSA) is 117 Å². The fraction of sp³-hybridized carbons (Fsp3) is 0.700. The van der Waals surface area contributed by atoms with E-state index in [2.05, 4.69) is 20.7 Å². The van der Waals surface area contributed by atoms with Crippen LogP contribution in [0.25, 0.3) is 0 Å². The molecule has 0 aliphatic rings. The summed E-state index contributed by atoms with van der Waals surface area (Å²) >= 11 is 0. The first kappa shape index (κ1) is 16.2. The molecule has 0 spiro atoms. The molecule has 3 amide bonds. The fourth-order valence-corrected chi connectivity index (χ4v) is 1.08. The SMILES string of the molecule is COCC(NC(=O)NCC(=O)NC(C)C)C(=O)O. The van der Waals surface area contributed by atoms with E-state index in [1.54, 1.807) is 13.8 Å². The van der Waals surface area contributed by atoms with Crippen molar-refractivity contribution in [2.75, 3.05) is 20.3 Å². The summed E-state index contributed by atoms with van der Waals surface area (Å²) in [4.78, 5) is 33.2. The van der Waals surface area contributed by atoms with E-state index >= 15 is 0 Å². The van der Waals surface area contributed by atoms with E-state index in [1.807, 2.05) is 0 Å². The van der Waals surface area contributed by atoms with E-state index in [4.69, 9.17) is 5.11 Å². The van der Waals surface area contributed by atoms with Gasteiger partial charge < -0.3 is 25.8 Å². The van der Waals surface area contributed by atoms with E-state index in [0.717, 1.165) is 0 Å². The van der Waals surface area contributed by atoms with E-state index < -0.39 is 18.0 Å². The Kier molecular flexibility index (Phi) is 7.45. The molecule has 0 saturated heterocycles. The maximum atomic E-state index is 11.3. The molecule has 0 radical (unpaired) electrons. The van der Waals surface area contributed by atoms with Crippen molar-refractivity contribution in [1.29, 1.82) is 0 Å². The van der Waals surface area contributed by atoms with E-state index in [9.17, 15) is 14.4 Å². The third-order valence-electron chi connectivity index (χ3n) is 1.80. The van der Waals surface area contributed by atoms with Crippen LogP contribution in [-0.2, 0) is 14.3 Å². The minimum absolute atomic E-state index is 0.0254. The van der Waals surface area contributed by atoms with Crippen LogP contribution in [-0.4, -0.2) is 55.4 Å². The molecule has 1 atom stereocenters. The summed E-state index contributed by atoms with van der Waals surface area (Å²) in [6, 6.07) is -1.91. The highest BCUT2D eigenvalue weighted by molar-refractivity contribution is 5.86. The van der Waals surface area contributed by atoms with Crippen molar-refractivity contribution >= 4 is 17.9 Å². The molecule has 0 aromatic carbocycles. The number of carboxylic acid groups (broad SMARTS) is 1. The Hall–Kier alpha value is -1.83. The number of aliphatic carboxylic acids is 1. The van der Waals surface area contributed by atoms with Crippen LogP contribution in [0.3, 0.4) is 0 Å². The number of carbonyl (C=O) groups excluding carboxylic acids is 2. The molecule has 104 valence electrons. The summed E-state index contributed by atoms with van der Waals surface area (Å²) in [5, 5.41) is 15.7. The largest absolute Gasteiger partial charge is 0.480 e. The zero-order valence-corrected chi connectivity index (χ0v) is 10.6. The number of methoxy groups -OCH3 is 1. The maximum Gasteiger partial charge on any atom is 0.328 e. The lowest BCUT2D eigenvalue weighted by Gasteiger charge is -2.14. The highest BCUT2D eigenvalue weighted by Crippen LogP contribution is 1.85. The Balaban J connectivity index is 4.02. The van der Waals surface area contributed by atoms with Crippen molar-refractivity contribution < 1.29 is 24.2 Å². The number of hydrogen-bond acceptors (Lipinski definition) is 4. The van der Waals surface area contributed by atoms with Gasteiger partial charge in [0.1, 0.15) is 0 Å². The normalized spacial score (nSPS) is 11.8. The Morgan fingerprint density at radius 1 is 1.22 bits per heavy atom. The van der Waals surface area contributed by atoms with Crippen molar-refractivity contribution in [2.45, 2.75) is 25.9 Å². The number of rotatable bonds is 7. The third-order valence-corrected chi connectivity index (χ3v) is 1.80. The molecule has 8 nitrogen and oxygen atoms in total. The highest BCUT2D eigenvalue weighted by Gasteiger charge is 2.19. The fourth-order valence-electron chi connectivity index (χ4n) is 1.08. The van der Waals surface area contributed by atoms with Crippen LogP contribution < -0.4 is 16.0 Å². The molecule has 0 aliphatic carbocycles. The van der Waals surface area contributed by atoms with Crippen LogP contribution in [0.15, 0.2) is 0 Å². The van der Waals surface area contributed by atoms with Crippen molar-refractivity contribution in [3.63, 3.8) is 0 Å². The molecule has 0 aromatic rings. The summed E-state index contributed by atoms with van der Waals surface area (Å²) < 4.78 is 4.64. The van der Waals surface area contributed by atoms with E-state index in [-0.39, 0.29) is 25.1 Å².